The number of ether oxygens (including phenoxy) is 1. The van der Waals surface area contributed by atoms with Crippen molar-refractivity contribution in [1.29, 1.82) is 0 Å². The van der Waals surface area contributed by atoms with Crippen molar-refractivity contribution in [1.82, 2.24) is 4.90 Å². The number of benzene rings is 1. The van der Waals surface area contributed by atoms with Crippen molar-refractivity contribution in [2.24, 2.45) is 0 Å². The molecule has 11 nitrogen and oxygen atoms in total. The van der Waals surface area contributed by atoms with E-state index in [1.54, 1.807) is 0 Å². The normalized spacial score (nSPS) is 22.1. The molecule has 3 N–H and O–H groups in total. The minimum Gasteiger partial charge on any atom is -0.480 e. The number of rotatable bonds is 5. The highest BCUT2D eigenvalue weighted by Gasteiger charge is 2.56. The third kappa shape index (κ3) is 3.18. The van der Waals surface area contributed by atoms with Crippen molar-refractivity contribution >= 4 is 23.7 Å². The number of nitro benzene ring substituents is 1. The molecule has 140 valence electrons. The molecule has 2 atom stereocenters. The molecule has 1 aromatic carbocycles. The molecule has 0 aliphatic carbocycles. The Kier molecular flexibility index (Phi) is 4.65. The molecule has 1 amide bonds. The Balaban J connectivity index is 2.54. The highest BCUT2D eigenvalue weighted by atomic mass is 19.1. The lowest BCUT2D eigenvalue weighted by molar-refractivity contribution is -0.388. The number of amides is 1. The number of aliphatic carboxylic acids is 2. The quantitative estimate of drug-likeness (QED) is 0.499. The molecule has 13 heteroatoms. The van der Waals surface area contributed by atoms with Gasteiger partial charge in [-0.1, -0.05) is 0 Å². The van der Waals surface area contributed by atoms with Gasteiger partial charge in [-0.3, -0.25) is 15.0 Å². The predicted octanol–water partition coefficient (Wildman–Crippen LogP) is 0.912. The molecule has 0 aromatic heterocycles. The van der Waals surface area contributed by atoms with Crippen molar-refractivity contribution in [3.05, 3.63) is 33.9 Å². The molecule has 1 aromatic rings. The first-order valence-electron chi connectivity index (χ1n) is 6.76. The van der Waals surface area contributed by atoms with Gasteiger partial charge in [0.25, 0.3) is 0 Å². The molecule has 1 fully saturated rings. The van der Waals surface area contributed by atoms with Crippen LogP contribution in [0.2, 0.25) is 0 Å². The smallest absolute Gasteiger partial charge is 0.408 e. The van der Waals surface area contributed by atoms with Crippen LogP contribution in [0.1, 0.15) is 6.42 Å². The fourth-order valence-corrected chi connectivity index (χ4v) is 2.57. The second-order valence-corrected chi connectivity index (χ2v) is 5.36. The number of carbonyl (C=O) groups is 3. The summed E-state index contributed by atoms with van der Waals surface area (Å²) in [4.78, 5) is 43.9. The monoisotopic (exact) mass is 376 g/mol. The van der Waals surface area contributed by atoms with Crippen molar-refractivity contribution in [3.8, 4) is 5.75 Å². The Labute approximate surface area is 142 Å². The number of carboxylic acids is 2. The zero-order chi connectivity index (χ0) is 19.8. The molecule has 0 unspecified atom stereocenters. The number of nitrogens with zero attached hydrogens (tertiary/aromatic N) is 2. The van der Waals surface area contributed by atoms with E-state index in [9.17, 15) is 38.4 Å². The van der Waals surface area contributed by atoms with Gasteiger partial charge in [-0.25, -0.2) is 18.8 Å². The van der Waals surface area contributed by atoms with E-state index in [-0.39, 0.29) is 11.0 Å². The molecule has 0 spiro atoms. The van der Waals surface area contributed by atoms with Gasteiger partial charge in [0.15, 0.2) is 0 Å². The average Bonchev–Trinajstić information content (AvgIpc) is 2.87. The number of nitro groups is 1. The van der Waals surface area contributed by atoms with Gasteiger partial charge < -0.3 is 20.1 Å². The number of hydrogen-bond acceptors (Lipinski definition) is 6. The summed E-state index contributed by atoms with van der Waals surface area (Å²) < 4.78 is 32.0. The van der Waals surface area contributed by atoms with Gasteiger partial charge in [0.05, 0.1) is 11.5 Å². The summed E-state index contributed by atoms with van der Waals surface area (Å²) in [6.45, 7) is -1.02. The fourth-order valence-electron chi connectivity index (χ4n) is 2.57. The summed E-state index contributed by atoms with van der Waals surface area (Å²) >= 11 is 0. The summed E-state index contributed by atoms with van der Waals surface area (Å²) in [5.41, 5.74) is -3.96. The van der Waals surface area contributed by atoms with Crippen LogP contribution in [0.3, 0.4) is 0 Å². The molecule has 0 bridgehead atoms. The first kappa shape index (κ1) is 18.8. The molecular formula is C13H10F2N2O9. The van der Waals surface area contributed by atoms with Gasteiger partial charge >= 0.3 is 23.7 Å². The predicted molar refractivity (Wildman–Crippen MR) is 74.8 cm³/mol. The zero-order valence-corrected chi connectivity index (χ0v) is 12.6. The summed E-state index contributed by atoms with van der Waals surface area (Å²) in [7, 11) is 0. The molecule has 2 rings (SSSR count). The Bertz CT molecular complexity index is 791. The van der Waals surface area contributed by atoms with E-state index < -0.39 is 70.6 Å². The summed E-state index contributed by atoms with van der Waals surface area (Å²) in [6, 6.07) is -1.30. The van der Waals surface area contributed by atoms with E-state index in [1.165, 1.54) is 0 Å². The molecule has 1 saturated heterocycles. The maximum absolute atomic E-state index is 13.7. The van der Waals surface area contributed by atoms with Crippen LogP contribution in [0.5, 0.6) is 5.75 Å². The molecular weight excluding hydrogens is 366 g/mol. The Morgan fingerprint density at radius 2 is 1.88 bits per heavy atom. The van der Waals surface area contributed by atoms with Crippen LogP contribution in [0.4, 0.5) is 19.3 Å². The minimum absolute atomic E-state index is 0.177. The molecule has 1 aliphatic rings. The second kappa shape index (κ2) is 6.42. The van der Waals surface area contributed by atoms with E-state index >= 15 is 0 Å². The minimum atomic E-state index is -2.59. The summed E-state index contributed by atoms with van der Waals surface area (Å²) in [5.74, 6) is -7.60. The topological polar surface area (TPSA) is 168 Å². The molecule has 0 saturated carbocycles. The van der Waals surface area contributed by atoms with E-state index in [1.807, 2.05) is 0 Å². The first-order valence-corrected chi connectivity index (χ1v) is 6.76. The summed E-state index contributed by atoms with van der Waals surface area (Å²) in [5, 5.41) is 38.5. The zero-order valence-electron chi connectivity index (χ0n) is 12.6. The van der Waals surface area contributed by atoms with Crippen LogP contribution >= 0.6 is 0 Å². The first-order chi connectivity index (χ1) is 12.0. The van der Waals surface area contributed by atoms with Gasteiger partial charge in [0.1, 0.15) is 11.9 Å². The van der Waals surface area contributed by atoms with E-state index in [2.05, 4.69) is 0 Å². The molecule has 1 aliphatic heterocycles. The SMILES string of the molecule is O=C(O)[C@@H]1C[C@](Oc2cc(F)cc(F)c2[N+](=O)[O-])(C(=O)O)CN1C(=O)O. The van der Waals surface area contributed by atoms with Crippen LogP contribution in [0.25, 0.3) is 0 Å². The highest BCUT2D eigenvalue weighted by Crippen LogP contribution is 2.38. The number of likely N-dealkylation sites (tertiary alicyclic amines) is 1. The maximum atomic E-state index is 13.7. The second-order valence-electron chi connectivity index (χ2n) is 5.36. The Hall–Kier alpha value is -3.51. The van der Waals surface area contributed by atoms with Crippen molar-refractivity contribution in [2.75, 3.05) is 6.54 Å². The lowest BCUT2D eigenvalue weighted by atomic mass is 10.00. The van der Waals surface area contributed by atoms with Crippen molar-refractivity contribution < 1.29 is 48.1 Å². The average molecular weight is 376 g/mol. The third-order valence-corrected chi connectivity index (χ3v) is 3.73. The lowest BCUT2D eigenvalue weighted by Gasteiger charge is -2.25. The third-order valence-electron chi connectivity index (χ3n) is 3.73. The lowest BCUT2D eigenvalue weighted by Crippen LogP contribution is -2.47. The Morgan fingerprint density at radius 3 is 2.31 bits per heavy atom. The molecule has 1 heterocycles. The van der Waals surface area contributed by atoms with Crippen molar-refractivity contribution in [3.63, 3.8) is 0 Å². The van der Waals surface area contributed by atoms with E-state index in [0.717, 1.165) is 0 Å². The molecule has 0 radical (unpaired) electrons. The van der Waals surface area contributed by atoms with Gasteiger partial charge in [0.2, 0.25) is 17.2 Å². The van der Waals surface area contributed by atoms with Crippen LogP contribution < -0.4 is 4.74 Å². The van der Waals surface area contributed by atoms with Gasteiger partial charge in [-0.05, 0) is 0 Å². The highest BCUT2D eigenvalue weighted by molar-refractivity contribution is 5.86. The number of hydrogen-bond donors (Lipinski definition) is 3. The standard InChI is InChI=1S/C13H10F2N2O9/c14-5-1-6(15)9(17(24)25)8(2-5)26-13(11(20)21)3-7(10(18)19)16(4-13)12(22)23/h1-2,7H,3-4H2,(H,18,19)(H,20,21)(H,22,23)/t7-,13+/m0/s1. The van der Waals surface area contributed by atoms with Crippen LogP contribution in [-0.2, 0) is 9.59 Å². The van der Waals surface area contributed by atoms with Crippen LogP contribution in [-0.4, -0.2) is 61.4 Å². The number of halogens is 2. The van der Waals surface area contributed by atoms with Crippen LogP contribution in [0, 0.1) is 21.7 Å². The van der Waals surface area contributed by atoms with Crippen molar-refractivity contribution in [2.45, 2.75) is 18.1 Å². The summed E-state index contributed by atoms with van der Waals surface area (Å²) in [6.07, 6.45) is -2.71. The Morgan fingerprint density at radius 1 is 1.27 bits per heavy atom. The van der Waals surface area contributed by atoms with Gasteiger partial charge in [-0.2, -0.15) is 4.39 Å². The maximum Gasteiger partial charge on any atom is 0.408 e. The van der Waals surface area contributed by atoms with Crippen LogP contribution in [0.15, 0.2) is 12.1 Å². The largest absolute Gasteiger partial charge is 0.480 e. The van der Waals surface area contributed by atoms with Gasteiger partial charge in [0, 0.05) is 18.6 Å². The van der Waals surface area contributed by atoms with E-state index in [0.29, 0.717) is 6.07 Å². The fraction of sp³-hybridized carbons (Fsp3) is 0.308. The number of carboxylic acid groups (broad SMARTS) is 3. The van der Waals surface area contributed by atoms with Gasteiger partial charge in [-0.15, -0.1) is 0 Å². The van der Waals surface area contributed by atoms with E-state index in [4.69, 9.17) is 14.9 Å². The molecule has 26 heavy (non-hydrogen) atoms.